The molecule has 6 heteroatoms. The first kappa shape index (κ1) is 10.5. The highest BCUT2D eigenvalue weighted by atomic mass is 19.1. The number of hydrogen-bond donors (Lipinski definition) is 3. The number of hydrogen-bond acceptors (Lipinski definition) is 4. The zero-order valence-corrected chi connectivity index (χ0v) is 9.18. The van der Waals surface area contributed by atoms with Crippen LogP contribution in [0.1, 0.15) is 0 Å². The van der Waals surface area contributed by atoms with Crippen LogP contribution in [-0.2, 0) is 0 Å². The number of nitrogens with one attached hydrogen (secondary N) is 1. The van der Waals surface area contributed by atoms with Gasteiger partial charge in [0.25, 0.3) is 0 Å². The second kappa shape index (κ2) is 3.69. The molecule has 3 aromatic rings. The molecule has 2 aromatic heterocycles. The standard InChI is InChI=1S/C12H9FN4O/c13-6-1-2-7(9(18)5-6)11-15-8-3-4-10(14)16-12(8)17-11/h1-5,18H,(H3,14,15,16,17). The summed E-state index contributed by atoms with van der Waals surface area (Å²) in [5, 5.41) is 9.68. The number of H-pyrrole nitrogens is 1. The topological polar surface area (TPSA) is 87.8 Å². The van der Waals surface area contributed by atoms with E-state index in [-0.39, 0.29) is 5.75 Å². The van der Waals surface area contributed by atoms with Crippen molar-refractivity contribution >= 4 is 17.0 Å². The highest BCUT2D eigenvalue weighted by Gasteiger charge is 2.11. The number of aromatic amines is 1. The molecule has 3 rings (SSSR count). The average Bonchev–Trinajstić information content (AvgIpc) is 2.71. The van der Waals surface area contributed by atoms with Gasteiger partial charge in [0.05, 0.1) is 11.1 Å². The Morgan fingerprint density at radius 3 is 2.78 bits per heavy atom. The maximum absolute atomic E-state index is 12.9. The number of pyridine rings is 1. The van der Waals surface area contributed by atoms with Crippen LogP contribution in [0.3, 0.4) is 0 Å². The zero-order chi connectivity index (χ0) is 12.7. The van der Waals surface area contributed by atoms with Crippen molar-refractivity contribution in [1.82, 2.24) is 15.0 Å². The molecule has 0 aliphatic rings. The Hall–Kier alpha value is -2.63. The number of nitrogens with zero attached hydrogens (tertiary/aromatic N) is 2. The second-order valence-electron chi connectivity index (χ2n) is 3.85. The predicted octanol–water partition coefficient (Wildman–Crippen LogP) is 2.05. The maximum atomic E-state index is 12.9. The lowest BCUT2D eigenvalue weighted by atomic mass is 10.2. The van der Waals surface area contributed by atoms with Gasteiger partial charge < -0.3 is 15.8 Å². The summed E-state index contributed by atoms with van der Waals surface area (Å²) in [5.74, 6) is 0.0984. The van der Waals surface area contributed by atoms with E-state index < -0.39 is 5.82 Å². The lowest BCUT2D eigenvalue weighted by molar-refractivity contribution is 0.471. The largest absolute Gasteiger partial charge is 0.507 e. The predicted molar refractivity (Wildman–Crippen MR) is 65.4 cm³/mol. The van der Waals surface area contributed by atoms with E-state index in [2.05, 4.69) is 15.0 Å². The molecular weight excluding hydrogens is 235 g/mol. The fourth-order valence-corrected chi connectivity index (χ4v) is 1.74. The highest BCUT2D eigenvalue weighted by molar-refractivity contribution is 5.78. The van der Waals surface area contributed by atoms with Crippen molar-refractivity contribution in [2.75, 3.05) is 5.73 Å². The Kier molecular flexibility index (Phi) is 2.16. The van der Waals surface area contributed by atoms with Crippen LogP contribution in [0.2, 0.25) is 0 Å². The molecule has 0 atom stereocenters. The molecule has 0 aliphatic carbocycles. The highest BCUT2D eigenvalue weighted by Crippen LogP contribution is 2.28. The molecule has 4 N–H and O–H groups in total. The van der Waals surface area contributed by atoms with E-state index in [0.717, 1.165) is 6.07 Å². The first-order valence-corrected chi connectivity index (χ1v) is 5.24. The van der Waals surface area contributed by atoms with Gasteiger partial charge in [-0.15, -0.1) is 0 Å². The van der Waals surface area contributed by atoms with E-state index in [9.17, 15) is 9.50 Å². The molecule has 0 saturated heterocycles. The fourth-order valence-electron chi connectivity index (χ4n) is 1.74. The number of aromatic nitrogens is 3. The summed E-state index contributed by atoms with van der Waals surface area (Å²) in [4.78, 5) is 11.2. The van der Waals surface area contributed by atoms with Crippen molar-refractivity contribution in [1.29, 1.82) is 0 Å². The third-order valence-corrected chi connectivity index (χ3v) is 2.58. The van der Waals surface area contributed by atoms with E-state index in [1.807, 2.05) is 0 Å². The van der Waals surface area contributed by atoms with Gasteiger partial charge in [-0.3, -0.25) is 0 Å². The van der Waals surface area contributed by atoms with Gasteiger partial charge in [0.15, 0.2) is 5.65 Å². The molecule has 0 amide bonds. The van der Waals surface area contributed by atoms with E-state index in [1.165, 1.54) is 12.1 Å². The summed E-state index contributed by atoms with van der Waals surface area (Å²) >= 11 is 0. The molecule has 0 unspecified atom stereocenters. The minimum absolute atomic E-state index is 0.179. The van der Waals surface area contributed by atoms with Crippen LogP contribution in [-0.4, -0.2) is 20.1 Å². The Labute approximate surface area is 101 Å². The van der Waals surface area contributed by atoms with Crippen LogP contribution >= 0.6 is 0 Å². The number of imidazole rings is 1. The molecule has 0 spiro atoms. The van der Waals surface area contributed by atoms with Gasteiger partial charge in [0.2, 0.25) is 0 Å². The molecule has 2 heterocycles. The smallest absolute Gasteiger partial charge is 0.180 e. The molecule has 0 saturated carbocycles. The number of phenols is 1. The summed E-state index contributed by atoms with van der Waals surface area (Å²) in [5.41, 5.74) is 7.12. The number of halogens is 1. The van der Waals surface area contributed by atoms with Gasteiger partial charge in [-0.2, -0.15) is 0 Å². The summed E-state index contributed by atoms with van der Waals surface area (Å²) < 4.78 is 12.9. The SMILES string of the molecule is Nc1ccc2[nH]c(-c3ccc(F)cc3O)nc2n1. The fraction of sp³-hybridized carbons (Fsp3) is 0. The number of nitrogen functional groups attached to an aromatic ring is 1. The van der Waals surface area contributed by atoms with Crippen LogP contribution in [0.15, 0.2) is 30.3 Å². The number of nitrogens with two attached hydrogens (primary N) is 1. The summed E-state index contributed by atoms with van der Waals surface area (Å²) in [6.45, 7) is 0. The Morgan fingerprint density at radius 2 is 2.00 bits per heavy atom. The van der Waals surface area contributed by atoms with E-state index in [0.29, 0.717) is 28.4 Å². The van der Waals surface area contributed by atoms with Crippen LogP contribution in [0.5, 0.6) is 5.75 Å². The van der Waals surface area contributed by atoms with Crippen LogP contribution in [0.25, 0.3) is 22.6 Å². The molecule has 1 aromatic carbocycles. The number of rotatable bonds is 1. The lowest BCUT2D eigenvalue weighted by Gasteiger charge is -2.00. The van der Waals surface area contributed by atoms with Crippen molar-refractivity contribution in [2.24, 2.45) is 0 Å². The molecule has 0 radical (unpaired) electrons. The Morgan fingerprint density at radius 1 is 1.17 bits per heavy atom. The second-order valence-corrected chi connectivity index (χ2v) is 3.85. The van der Waals surface area contributed by atoms with Crippen molar-refractivity contribution in [3.63, 3.8) is 0 Å². The van der Waals surface area contributed by atoms with Gasteiger partial charge in [-0.1, -0.05) is 0 Å². The minimum Gasteiger partial charge on any atom is -0.507 e. The number of aromatic hydroxyl groups is 1. The third kappa shape index (κ3) is 1.64. The van der Waals surface area contributed by atoms with E-state index >= 15 is 0 Å². The molecule has 90 valence electrons. The third-order valence-electron chi connectivity index (χ3n) is 2.58. The zero-order valence-electron chi connectivity index (χ0n) is 9.18. The summed E-state index contributed by atoms with van der Waals surface area (Å²) in [6, 6.07) is 7.13. The van der Waals surface area contributed by atoms with Gasteiger partial charge >= 0.3 is 0 Å². The van der Waals surface area contributed by atoms with Crippen molar-refractivity contribution in [3.8, 4) is 17.1 Å². The Balaban J connectivity index is 2.19. The quantitative estimate of drug-likeness (QED) is 0.611. The van der Waals surface area contributed by atoms with Gasteiger partial charge in [-0.05, 0) is 24.3 Å². The van der Waals surface area contributed by atoms with Crippen LogP contribution in [0.4, 0.5) is 10.2 Å². The number of phenolic OH excluding ortho intramolecular Hbond substituents is 1. The van der Waals surface area contributed by atoms with Crippen molar-refractivity contribution < 1.29 is 9.50 Å². The molecule has 5 nitrogen and oxygen atoms in total. The van der Waals surface area contributed by atoms with Gasteiger partial charge in [-0.25, -0.2) is 14.4 Å². The lowest BCUT2D eigenvalue weighted by Crippen LogP contribution is -1.88. The van der Waals surface area contributed by atoms with Gasteiger partial charge in [0.1, 0.15) is 23.2 Å². The molecule has 18 heavy (non-hydrogen) atoms. The van der Waals surface area contributed by atoms with Gasteiger partial charge in [0, 0.05) is 6.07 Å². The van der Waals surface area contributed by atoms with E-state index in [1.54, 1.807) is 12.1 Å². The number of fused-ring (bicyclic) bond motifs is 1. The molecule has 0 fully saturated rings. The van der Waals surface area contributed by atoms with E-state index in [4.69, 9.17) is 5.73 Å². The van der Waals surface area contributed by atoms with Crippen molar-refractivity contribution in [2.45, 2.75) is 0 Å². The van der Waals surface area contributed by atoms with Crippen LogP contribution in [0, 0.1) is 5.82 Å². The average molecular weight is 244 g/mol. The molecule has 0 aliphatic heterocycles. The number of anilines is 1. The van der Waals surface area contributed by atoms with Crippen LogP contribution < -0.4 is 5.73 Å². The number of benzene rings is 1. The summed E-state index contributed by atoms with van der Waals surface area (Å²) in [7, 11) is 0. The maximum Gasteiger partial charge on any atom is 0.180 e. The first-order chi connectivity index (χ1) is 8.63. The molecular formula is C12H9FN4O. The monoisotopic (exact) mass is 244 g/mol. The Bertz CT molecular complexity index is 738. The normalized spacial score (nSPS) is 10.9. The summed E-state index contributed by atoms with van der Waals surface area (Å²) in [6.07, 6.45) is 0. The molecule has 0 bridgehead atoms. The first-order valence-electron chi connectivity index (χ1n) is 5.24. The van der Waals surface area contributed by atoms with Crippen molar-refractivity contribution in [3.05, 3.63) is 36.1 Å². The minimum atomic E-state index is -0.505.